The number of hydrogen-bond donors (Lipinski definition) is 1. The normalized spacial score (nSPS) is 25.7. The first-order valence-electron chi connectivity index (χ1n) is 7.51. The maximum absolute atomic E-state index is 3.57. The molecule has 0 aromatic heterocycles. The molecule has 2 fully saturated rings. The number of nitrogens with zero attached hydrogens (tertiary/aromatic N) is 1. The van der Waals surface area contributed by atoms with Crippen LogP contribution in [0, 0.1) is 0 Å². The molecule has 2 bridgehead atoms. The molecule has 0 amide bonds. The Morgan fingerprint density at radius 2 is 1.86 bits per heavy atom. The van der Waals surface area contributed by atoms with Gasteiger partial charge in [-0.3, -0.25) is 4.90 Å². The van der Waals surface area contributed by atoms with Gasteiger partial charge in [0.2, 0.25) is 0 Å². The van der Waals surface area contributed by atoms with E-state index in [1.165, 1.54) is 43.5 Å². The summed E-state index contributed by atoms with van der Waals surface area (Å²) in [6, 6.07) is 12.2. The molecule has 0 unspecified atom stereocenters. The highest BCUT2D eigenvalue weighted by Gasteiger charge is 2.34. The van der Waals surface area contributed by atoms with Crippen LogP contribution in [0.4, 0.5) is 0 Å². The van der Waals surface area contributed by atoms with E-state index in [0.717, 1.165) is 18.6 Å². The van der Waals surface area contributed by atoms with Crippen LogP contribution in [-0.4, -0.2) is 36.6 Å². The fraction of sp³-hybridized carbons (Fsp3) is 0.529. The first-order chi connectivity index (χ1) is 9.33. The molecule has 4 heteroatoms. The van der Waals surface area contributed by atoms with Gasteiger partial charge in [0.25, 0.3) is 0 Å². The Morgan fingerprint density at radius 3 is 2.62 bits per heavy atom. The van der Waals surface area contributed by atoms with Gasteiger partial charge in [0, 0.05) is 25.2 Å². The van der Waals surface area contributed by atoms with Crippen molar-refractivity contribution in [2.75, 3.05) is 19.6 Å². The van der Waals surface area contributed by atoms with E-state index in [-0.39, 0.29) is 24.8 Å². The van der Waals surface area contributed by atoms with E-state index in [1.54, 1.807) is 0 Å². The molecule has 0 aliphatic carbocycles. The standard InChI is InChI=1S/C17H24N2.2ClH/c1-14(11-15-5-3-2-4-6-15)13-19-16-7-8-17(19)12-18-10-9-16;;/h2-6,11,16-18H,7-10,12-13H2,1H3;2*1H/b14-11+;;/t16-,17+;;/m1../s1. The fourth-order valence-corrected chi connectivity index (χ4v) is 3.51. The Bertz CT molecular complexity index is 433. The molecule has 21 heavy (non-hydrogen) atoms. The molecule has 2 atom stereocenters. The third kappa shape index (κ3) is 4.72. The zero-order valence-corrected chi connectivity index (χ0v) is 14.3. The minimum atomic E-state index is 0. The maximum Gasteiger partial charge on any atom is 0.0227 e. The van der Waals surface area contributed by atoms with Crippen molar-refractivity contribution in [1.82, 2.24) is 10.2 Å². The van der Waals surface area contributed by atoms with Gasteiger partial charge in [-0.25, -0.2) is 0 Å². The van der Waals surface area contributed by atoms with Crippen molar-refractivity contribution in [3.8, 4) is 0 Å². The van der Waals surface area contributed by atoms with Gasteiger partial charge < -0.3 is 5.32 Å². The molecule has 2 saturated heterocycles. The molecule has 1 N–H and O–H groups in total. The number of halogens is 2. The molecule has 1 aromatic rings. The topological polar surface area (TPSA) is 15.3 Å². The Morgan fingerprint density at radius 1 is 1.14 bits per heavy atom. The average molecular weight is 329 g/mol. The summed E-state index contributed by atoms with van der Waals surface area (Å²) in [5.74, 6) is 0. The third-order valence-electron chi connectivity index (χ3n) is 4.45. The van der Waals surface area contributed by atoms with Crippen LogP contribution in [0.15, 0.2) is 35.9 Å². The van der Waals surface area contributed by atoms with Gasteiger partial charge >= 0.3 is 0 Å². The molecule has 2 aliphatic rings. The van der Waals surface area contributed by atoms with Crippen LogP contribution in [0.3, 0.4) is 0 Å². The molecule has 2 aliphatic heterocycles. The Hall–Kier alpha value is -0.540. The van der Waals surface area contributed by atoms with E-state index in [9.17, 15) is 0 Å². The summed E-state index contributed by atoms with van der Waals surface area (Å²) in [4.78, 5) is 2.73. The van der Waals surface area contributed by atoms with E-state index in [1.807, 2.05) is 0 Å². The van der Waals surface area contributed by atoms with E-state index >= 15 is 0 Å². The molecule has 118 valence electrons. The summed E-state index contributed by atoms with van der Waals surface area (Å²) in [5, 5.41) is 3.57. The number of rotatable bonds is 3. The quantitative estimate of drug-likeness (QED) is 0.908. The van der Waals surface area contributed by atoms with Crippen molar-refractivity contribution in [1.29, 1.82) is 0 Å². The minimum Gasteiger partial charge on any atom is -0.315 e. The second kappa shape index (κ2) is 8.79. The second-order valence-electron chi connectivity index (χ2n) is 5.95. The summed E-state index contributed by atoms with van der Waals surface area (Å²) < 4.78 is 0. The number of nitrogens with one attached hydrogen (secondary N) is 1. The predicted octanol–water partition coefficient (Wildman–Crippen LogP) is 3.76. The van der Waals surface area contributed by atoms with Crippen LogP contribution in [0.5, 0.6) is 0 Å². The van der Waals surface area contributed by atoms with Crippen LogP contribution in [-0.2, 0) is 0 Å². The Balaban J connectivity index is 0.00000110. The molecular formula is C17H26Cl2N2. The zero-order chi connectivity index (χ0) is 13.1. The van der Waals surface area contributed by atoms with Gasteiger partial charge in [-0.2, -0.15) is 0 Å². The summed E-state index contributed by atoms with van der Waals surface area (Å²) in [5.41, 5.74) is 2.80. The van der Waals surface area contributed by atoms with Crippen molar-refractivity contribution < 1.29 is 0 Å². The molecule has 2 heterocycles. The average Bonchev–Trinajstić information content (AvgIpc) is 2.64. The van der Waals surface area contributed by atoms with Gasteiger partial charge in [0.1, 0.15) is 0 Å². The predicted molar refractivity (Wildman–Crippen MR) is 95.6 cm³/mol. The second-order valence-corrected chi connectivity index (χ2v) is 5.95. The van der Waals surface area contributed by atoms with Crippen LogP contribution in [0.1, 0.15) is 31.7 Å². The summed E-state index contributed by atoms with van der Waals surface area (Å²) in [6.07, 6.45) is 6.41. The highest BCUT2D eigenvalue weighted by Crippen LogP contribution is 2.28. The largest absolute Gasteiger partial charge is 0.315 e. The van der Waals surface area contributed by atoms with Crippen LogP contribution < -0.4 is 5.32 Å². The number of hydrogen-bond acceptors (Lipinski definition) is 2. The van der Waals surface area contributed by atoms with E-state index in [2.05, 4.69) is 53.5 Å². The summed E-state index contributed by atoms with van der Waals surface area (Å²) >= 11 is 0. The van der Waals surface area contributed by atoms with Gasteiger partial charge in [0.15, 0.2) is 0 Å². The first kappa shape index (κ1) is 18.5. The van der Waals surface area contributed by atoms with Crippen LogP contribution in [0.2, 0.25) is 0 Å². The lowest BCUT2D eigenvalue weighted by Gasteiger charge is -2.27. The molecule has 1 aromatic carbocycles. The van der Waals surface area contributed by atoms with Crippen molar-refractivity contribution >= 4 is 30.9 Å². The lowest BCUT2D eigenvalue weighted by Crippen LogP contribution is -2.38. The van der Waals surface area contributed by atoms with Crippen LogP contribution >= 0.6 is 24.8 Å². The molecule has 2 nitrogen and oxygen atoms in total. The minimum absolute atomic E-state index is 0. The summed E-state index contributed by atoms with van der Waals surface area (Å²) in [6.45, 7) is 5.77. The van der Waals surface area contributed by atoms with Crippen molar-refractivity contribution in [2.24, 2.45) is 0 Å². The number of benzene rings is 1. The van der Waals surface area contributed by atoms with Crippen molar-refractivity contribution in [3.05, 3.63) is 41.5 Å². The zero-order valence-electron chi connectivity index (χ0n) is 12.6. The highest BCUT2D eigenvalue weighted by atomic mass is 35.5. The van der Waals surface area contributed by atoms with Gasteiger partial charge in [-0.15, -0.1) is 24.8 Å². The Labute approximate surface area is 140 Å². The SMILES string of the molecule is C/C(=C\c1ccccc1)CN1[C@H]2CCNC[C@@H]1CC2.Cl.Cl. The van der Waals surface area contributed by atoms with E-state index < -0.39 is 0 Å². The third-order valence-corrected chi connectivity index (χ3v) is 4.45. The maximum atomic E-state index is 3.57. The lowest BCUT2D eigenvalue weighted by molar-refractivity contribution is 0.221. The van der Waals surface area contributed by atoms with Crippen molar-refractivity contribution in [3.63, 3.8) is 0 Å². The van der Waals surface area contributed by atoms with Crippen LogP contribution in [0.25, 0.3) is 6.08 Å². The number of fused-ring (bicyclic) bond motifs is 2. The lowest BCUT2D eigenvalue weighted by atomic mass is 10.1. The van der Waals surface area contributed by atoms with Gasteiger partial charge in [-0.1, -0.05) is 42.0 Å². The van der Waals surface area contributed by atoms with E-state index in [4.69, 9.17) is 0 Å². The molecule has 0 saturated carbocycles. The fourth-order valence-electron chi connectivity index (χ4n) is 3.51. The van der Waals surface area contributed by atoms with Gasteiger partial charge in [0.05, 0.1) is 0 Å². The molecule has 3 rings (SSSR count). The van der Waals surface area contributed by atoms with Gasteiger partial charge in [-0.05, 0) is 38.3 Å². The Kier molecular flexibility index (Phi) is 7.75. The molecule has 0 radical (unpaired) electrons. The molecule has 0 spiro atoms. The highest BCUT2D eigenvalue weighted by molar-refractivity contribution is 5.85. The monoisotopic (exact) mass is 328 g/mol. The van der Waals surface area contributed by atoms with E-state index in [0.29, 0.717) is 0 Å². The first-order valence-corrected chi connectivity index (χ1v) is 7.51. The van der Waals surface area contributed by atoms with Crippen molar-refractivity contribution in [2.45, 2.75) is 38.3 Å². The summed E-state index contributed by atoms with van der Waals surface area (Å²) in [7, 11) is 0. The smallest absolute Gasteiger partial charge is 0.0227 e. The molecular weight excluding hydrogens is 303 g/mol.